The van der Waals surface area contributed by atoms with Gasteiger partial charge in [0.05, 0.1) is 11.0 Å². The largest absolute Gasteiger partial charge is 0.369 e. The normalized spacial score (nSPS) is 10.8. The first-order chi connectivity index (χ1) is 5.66. The van der Waals surface area contributed by atoms with E-state index in [2.05, 4.69) is 38.5 Å². The summed E-state index contributed by atoms with van der Waals surface area (Å²) in [4.78, 5) is 7.85. The lowest BCUT2D eigenvalue weighted by Gasteiger charge is -1.94. The Hall–Kier alpha value is -0.680. The maximum absolute atomic E-state index is 5.48. The summed E-state index contributed by atoms with van der Waals surface area (Å²) < 4.78 is 0.932. The molecule has 3 N–H and O–H groups in total. The Morgan fingerprint density at radius 3 is 3.00 bits per heavy atom. The molecular formula is C7H6BrN3S. The van der Waals surface area contributed by atoms with Crippen molar-refractivity contribution in [3.05, 3.63) is 16.6 Å². The van der Waals surface area contributed by atoms with Crippen LogP contribution in [0.4, 0.5) is 5.95 Å². The number of nitrogen functional groups attached to an aromatic ring is 1. The number of nitrogens with two attached hydrogens (primary N) is 1. The average molecular weight is 244 g/mol. The summed E-state index contributed by atoms with van der Waals surface area (Å²) in [5, 5.41) is 0. The summed E-state index contributed by atoms with van der Waals surface area (Å²) in [7, 11) is 0. The molecule has 0 fully saturated rings. The third kappa shape index (κ3) is 1.19. The van der Waals surface area contributed by atoms with Gasteiger partial charge >= 0.3 is 0 Å². The van der Waals surface area contributed by atoms with Gasteiger partial charge in [-0.2, -0.15) is 0 Å². The Labute approximate surface area is 82.9 Å². The number of imidazole rings is 1. The quantitative estimate of drug-likeness (QED) is 0.622. The van der Waals surface area contributed by atoms with Crippen molar-refractivity contribution in [2.75, 3.05) is 5.73 Å². The van der Waals surface area contributed by atoms with Gasteiger partial charge in [0, 0.05) is 9.37 Å². The van der Waals surface area contributed by atoms with Gasteiger partial charge in [0.15, 0.2) is 5.95 Å². The number of aromatic amines is 1. The second kappa shape index (κ2) is 2.67. The van der Waals surface area contributed by atoms with Crippen molar-refractivity contribution in [2.24, 2.45) is 0 Å². The van der Waals surface area contributed by atoms with Gasteiger partial charge in [-0.25, -0.2) is 4.98 Å². The fourth-order valence-electron chi connectivity index (χ4n) is 1.04. The number of nitrogens with zero attached hydrogens (tertiary/aromatic N) is 1. The zero-order chi connectivity index (χ0) is 8.72. The topological polar surface area (TPSA) is 54.7 Å². The number of hydrogen-bond acceptors (Lipinski definition) is 3. The molecule has 1 aromatic carbocycles. The van der Waals surface area contributed by atoms with E-state index in [0.717, 1.165) is 20.4 Å². The highest BCUT2D eigenvalue weighted by Crippen LogP contribution is 2.25. The first-order valence-electron chi connectivity index (χ1n) is 3.30. The third-order valence-electron chi connectivity index (χ3n) is 1.57. The molecule has 0 atom stereocenters. The van der Waals surface area contributed by atoms with Gasteiger partial charge in [-0.15, -0.1) is 12.6 Å². The van der Waals surface area contributed by atoms with Crippen LogP contribution in [-0.4, -0.2) is 9.97 Å². The van der Waals surface area contributed by atoms with E-state index in [9.17, 15) is 0 Å². The van der Waals surface area contributed by atoms with Crippen molar-refractivity contribution in [3.63, 3.8) is 0 Å². The smallest absolute Gasteiger partial charge is 0.198 e. The van der Waals surface area contributed by atoms with E-state index in [1.54, 1.807) is 0 Å². The van der Waals surface area contributed by atoms with Crippen LogP contribution in [-0.2, 0) is 0 Å². The molecule has 62 valence electrons. The minimum atomic E-state index is 0.427. The molecule has 1 aromatic heterocycles. The number of fused-ring (bicyclic) bond motifs is 1. The summed E-state index contributed by atoms with van der Waals surface area (Å²) in [5.74, 6) is 0.427. The summed E-state index contributed by atoms with van der Waals surface area (Å²) in [6.07, 6.45) is 0. The molecule has 3 nitrogen and oxygen atoms in total. The number of thiol groups is 1. The molecular weight excluding hydrogens is 238 g/mol. The van der Waals surface area contributed by atoms with Crippen LogP contribution in [0.25, 0.3) is 11.0 Å². The van der Waals surface area contributed by atoms with Crippen molar-refractivity contribution in [2.45, 2.75) is 4.90 Å². The Balaban J connectivity index is 2.83. The van der Waals surface area contributed by atoms with E-state index in [1.807, 2.05) is 12.1 Å². The number of hydrogen-bond donors (Lipinski definition) is 3. The van der Waals surface area contributed by atoms with Gasteiger partial charge in [0.25, 0.3) is 0 Å². The van der Waals surface area contributed by atoms with E-state index in [0.29, 0.717) is 5.95 Å². The zero-order valence-corrected chi connectivity index (χ0v) is 8.48. The molecule has 2 rings (SSSR count). The maximum Gasteiger partial charge on any atom is 0.198 e. The molecule has 0 spiro atoms. The SMILES string of the molecule is Nc1nc2cc(S)c(Br)cc2[nH]1. The van der Waals surface area contributed by atoms with Crippen LogP contribution in [0, 0.1) is 0 Å². The highest BCUT2D eigenvalue weighted by atomic mass is 79.9. The number of halogens is 1. The molecule has 0 aliphatic heterocycles. The lowest BCUT2D eigenvalue weighted by Crippen LogP contribution is -1.84. The average Bonchev–Trinajstić information content (AvgIpc) is 2.30. The predicted molar refractivity (Wildman–Crippen MR) is 55.5 cm³/mol. The Bertz CT molecular complexity index is 398. The van der Waals surface area contributed by atoms with E-state index in [1.165, 1.54) is 0 Å². The van der Waals surface area contributed by atoms with Gasteiger partial charge in [0.2, 0.25) is 0 Å². The lowest BCUT2D eigenvalue weighted by atomic mass is 10.3. The molecule has 0 aliphatic rings. The van der Waals surface area contributed by atoms with Crippen LogP contribution in [0.5, 0.6) is 0 Å². The van der Waals surface area contributed by atoms with Gasteiger partial charge in [-0.05, 0) is 28.1 Å². The first kappa shape index (κ1) is 7.94. The van der Waals surface area contributed by atoms with Crippen LogP contribution in [0.1, 0.15) is 0 Å². The van der Waals surface area contributed by atoms with Crippen molar-refractivity contribution in [3.8, 4) is 0 Å². The van der Waals surface area contributed by atoms with Gasteiger partial charge in [-0.1, -0.05) is 0 Å². The number of H-pyrrole nitrogens is 1. The van der Waals surface area contributed by atoms with E-state index >= 15 is 0 Å². The molecule has 1 heterocycles. The lowest BCUT2D eigenvalue weighted by molar-refractivity contribution is 1.35. The minimum Gasteiger partial charge on any atom is -0.369 e. The highest BCUT2D eigenvalue weighted by Gasteiger charge is 2.02. The Morgan fingerprint density at radius 2 is 2.25 bits per heavy atom. The molecule has 2 aromatic rings. The Morgan fingerprint density at radius 1 is 1.50 bits per heavy atom. The second-order valence-electron chi connectivity index (χ2n) is 2.44. The molecule has 0 aliphatic carbocycles. The van der Waals surface area contributed by atoms with Crippen LogP contribution >= 0.6 is 28.6 Å². The number of anilines is 1. The molecule has 0 radical (unpaired) electrons. The summed E-state index contributed by atoms with van der Waals surface area (Å²) in [6, 6.07) is 3.76. The van der Waals surface area contributed by atoms with E-state index < -0.39 is 0 Å². The van der Waals surface area contributed by atoms with Gasteiger partial charge < -0.3 is 10.7 Å². The number of benzene rings is 1. The number of aromatic nitrogens is 2. The van der Waals surface area contributed by atoms with Crippen molar-refractivity contribution in [1.29, 1.82) is 0 Å². The molecule has 0 bridgehead atoms. The van der Waals surface area contributed by atoms with Gasteiger partial charge in [-0.3, -0.25) is 0 Å². The molecule has 0 saturated heterocycles. The second-order valence-corrected chi connectivity index (χ2v) is 3.78. The third-order valence-corrected chi connectivity index (χ3v) is 2.90. The van der Waals surface area contributed by atoms with Crippen molar-refractivity contribution >= 4 is 45.5 Å². The standard InChI is InChI=1S/C7H6BrN3S/c8-3-1-4-5(2-6(3)12)11-7(9)10-4/h1-2,12H,(H3,9,10,11). The fraction of sp³-hybridized carbons (Fsp3) is 0. The summed E-state index contributed by atoms with van der Waals surface area (Å²) in [6.45, 7) is 0. The van der Waals surface area contributed by atoms with Crippen LogP contribution in [0.3, 0.4) is 0 Å². The molecule has 12 heavy (non-hydrogen) atoms. The highest BCUT2D eigenvalue weighted by molar-refractivity contribution is 9.10. The van der Waals surface area contributed by atoms with E-state index in [4.69, 9.17) is 5.73 Å². The van der Waals surface area contributed by atoms with Crippen molar-refractivity contribution in [1.82, 2.24) is 9.97 Å². The fourth-order valence-corrected chi connectivity index (χ4v) is 1.57. The minimum absolute atomic E-state index is 0.427. The summed E-state index contributed by atoms with van der Waals surface area (Å²) >= 11 is 7.60. The number of nitrogens with one attached hydrogen (secondary N) is 1. The number of rotatable bonds is 0. The molecule has 0 amide bonds. The summed E-state index contributed by atoms with van der Waals surface area (Å²) in [5.41, 5.74) is 7.23. The van der Waals surface area contributed by atoms with Crippen LogP contribution < -0.4 is 5.73 Å². The van der Waals surface area contributed by atoms with Crippen molar-refractivity contribution < 1.29 is 0 Å². The molecule has 0 unspecified atom stereocenters. The van der Waals surface area contributed by atoms with E-state index in [-0.39, 0.29) is 0 Å². The van der Waals surface area contributed by atoms with Crippen LogP contribution in [0.15, 0.2) is 21.5 Å². The molecule has 0 saturated carbocycles. The van der Waals surface area contributed by atoms with Crippen LogP contribution in [0.2, 0.25) is 0 Å². The first-order valence-corrected chi connectivity index (χ1v) is 4.54. The molecule has 5 heteroatoms. The monoisotopic (exact) mass is 243 g/mol. The Kier molecular flexibility index (Phi) is 1.77. The maximum atomic E-state index is 5.48. The van der Waals surface area contributed by atoms with Gasteiger partial charge in [0.1, 0.15) is 0 Å². The predicted octanol–water partition coefficient (Wildman–Crippen LogP) is 2.20. The zero-order valence-electron chi connectivity index (χ0n) is 6.00.